The Morgan fingerprint density at radius 1 is 1.41 bits per heavy atom. The Bertz CT molecular complexity index is 363. The van der Waals surface area contributed by atoms with Gasteiger partial charge in [0.1, 0.15) is 6.61 Å². The van der Waals surface area contributed by atoms with Gasteiger partial charge in [0.15, 0.2) is 11.6 Å². The summed E-state index contributed by atoms with van der Waals surface area (Å²) in [4.78, 5) is 0. The fourth-order valence-corrected chi connectivity index (χ4v) is 1.48. The third kappa shape index (κ3) is 4.57. The zero-order chi connectivity index (χ0) is 12.5. The Labute approximate surface area is 102 Å². The van der Waals surface area contributed by atoms with Gasteiger partial charge in [0.2, 0.25) is 0 Å². The minimum atomic E-state index is -0.301. The minimum Gasteiger partial charge on any atom is -0.486 e. The van der Waals surface area contributed by atoms with E-state index in [-0.39, 0.29) is 5.82 Å². The summed E-state index contributed by atoms with van der Waals surface area (Å²) in [5, 5.41) is 3.24. The van der Waals surface area contributed by atoms with Crippen LogP contribution < -0.4 is 10.1 Å². The van der Waals surface area contributed by atoms with Gasteiger partial charge in [-0.15, -0.1) is 0 Å². The number of benzene rings is 1. The molecule has 0 aliphatic heterocycles. The largest absolute Gasteiger partial charge is 0.486 e. The Kier molecular flexibility index (Phi) is 6.33. The van der Waals surface area contributed by atoms with Crippen LogP contribution in [0.1, 0.15) is 25.8 Å². The number of rotatable bonds is 7. The molecule has 0 fully saturated rings. The molecule has 0 amide bonds. The first-order valence-electron chi connectivity index (χ1n) is 6.01. The molecule has 0 bridgehead atoms. The maximum atomic E-state index is 13.6. The Balaban J connectivity index is 2.69. The molecule has 1 N–H and O–H groups in total. The zero-order valence-corrected chi connectivity index (χ0v) is 10.5. The summed E-state index contributed by atoms with van der Waals surface area (Å²) in [6.45, 7) is 5.97. The van der Waals surface area contributed by atoms with Crippen LogP contribution >= 0.6 is 0 Å². The second-order valence-corrected chi connectivity index (χ2v) is 3.78. The summed E-state index contributed by atoms with van der Waals surface area (Å²) in [6.07, 6.45) is 4.80. The second kappa shape index (κ2) is 7.85. The zero-order valence-electron chi connectivity index (χ0n) is 10.5. The van der Waals surface area contributed by atoms with Gasteiger partial charge in [0, 0.05) is 12.1 Å². The van der Waals surface area contributed by atoms with Crippen molar-refractivity contribution in [1.82, 2.24) is 5.32 Å². The van der Waals surface area contributed by atoms with E-state index >= 15 is 0 Å². The number of hydrogen-bond acceptors (Lipinski definition) is 2. The molecule has 0 aromatic heterocycles. The van der Waals surface area contributed by atoms with E-state index in [1.807, 2.05) is 25.1 Å². The molecule has 2 nitrogen and oxygen atoms in total. The van der Waals surface area contributed by atoms with Crippen molar-refractivity contribution >= 4 is 0 Å². The predicted octanol–water partition coefficient (Wildman–Crippen LogP) is 3.28. The van der Waals surface area contributed by atoms with E-state index in [0.717, 1.165) is 18.5 Å². The van der Waals surface area contributed by atoms with E-state index in [2.05, 4.69) is 12.2 Å². The molecule has 94 valence electrons. The van der Waals surface area contributed by atoms with Crippen LogP contribution in [0.4, 0.5) is 4.39 Å². The summed E-state index contributed by atoms with van der Waals surface area (Å²) in [7, 11) is 0. The van der Waals surface area contributed by atoms with E-state index in [1.165, 1.54) is 6.07 Å². The monoisotopic (exact) mass is 237 g/mol. The number of halogens is 1. The van der Waals surface area contributed by atoms with Crippen molar-refractivity contribution in [3.63, 3.8) is 0 Å². The topological polar surface area (TPSA) is 21.3 Å². The highest BCUT2D eigenvalue weighted by molar-refractivity contribution is 5.35. The number of nitrogens with one attached hydrogen (secondary N) is 1. The fraction of sp³-hybridized carbons (Fsp3) is 0.429. The van der Waals surface area contributed by atoms with Crippen molar-refractivity contribution in [3.8, 4) is 5.75 Å². The highest BCUT2D eigenvalue weighted by atomic mass is 19.1. The molecule has 0 aliphatic rings. The van der Waals surface area contributed by atoms with Crippen molar-refractivity contribution < 1.29 is 9.13 Å². The lowest BCUT2D eigenvalue weighted by Gasteiger charge is -2.11. The number of hydrogen-bond donors (Lipinski definition) is 1. The maximum Gasteiger partial charge on any atom is 0.165 e. The molecule has 0 unspecified atom stereocenters. The SMILES string of the molecule is C/C=C/COc1c(F)cccc1CNCCC. The van der Waals surface area contributed by atoms with Crippen LogP contribution in [0.2, 0.25) is 0 Å². The molecule has 0 saturated heterocycles. The smallest absolute Gasteiger partial charge is 0.165 e. The van der Waals surface area contributed by atoms with Crippen LogP contribution in [0.3, 0.4) is 0 Å². The van der Waals surface area contributed by atoms with E-state index < -0.39 is 0 Å². The molecule has 3 heteroatoms. The first-order chi connectivity index (χ1) is 8.29. The summed E-state index contributed by atoms with van der Waals surface area (Å²) in [5.74, 6) is 0.0551. The van der Waals surface area contributed by atoms with E-state index in [0.29, 0.717) is 18.9 Å². The number of para-hydroxylation sites is 1. The van der Waals surface area contributed by atoms with Crippen molar-refractivity contribution in [2.75, 3.05) is 13.2 Å². The average Bonchev–Trinajstić information content (AvgIpc) is 2.33. The fourth-order valence-electron chi connectivity index (χ4n) is 1.48. The van der Waals surface area contributed by atoms with Crippen LogP contribution in [-0.2, 0) is 6.54 Å². The molecule has 0 atom stereocenters. The summed E-state index contributed by atoms with van der Waals surface area (Å²) < 4.78 is 19.0. The number of allylic oxidation sites excluding steroid dienone is 1. The van der Waals surface area contributed by atoms with Gasteiger partial charge in [-0.3, -0.25) is 0 Å². The summed E-state index contributed by atoms with van der Waals surface area (Å²) >= 11 is 0. The van der Waals surface area contributed by atoms with Crippen LogP contribution in [0.15, 0.2) is 30.4 Å². The standard InChI is InChI=1S/C14H20FNO/c1-3-5-10-17-14-12(11-16-9-4-2)7-6-8-13(14)15/h3,5-8,16H,4,9-11H2,1-2H3/b5-3+. The lowest BCUT2D eigenvalue weighted by atomic mass is 10.2. The molecular weight excluding hydrogens is 217 g/mol. The predicted molar refractivity (Wildman–Crippen MR) is 68.7 cm³/mol. The maximum absolute atomic E-state index is 13.6. The number of ether oxygens (including phenoxy) is 1. The minimum absolute atomic E-state index is 0.301. The molecule has 1 aromatic rings. The third-order valence-electron chi connectivity index (χ3n) is 2.35. The molecule has 0 spiro atoms. The average molecular weight is 237 g/mol. The molecule has 1 rings (SSSR count). The van der Waals surface area contributed by atoms with Gasteiger partial charge in [-0.25, -0.2) is 4.39 Å². The second-order valence-electron chi connectivity index (χ2n) is 3.78. The van der Waals surface area contributed by atoms with E-state index in [1.54, 1.807) is 6.07 Å². The van der Waals surface area contributed by atoms with Crippen molar-refractivity contribution in [2.45, 2.75) is 26.8 Å². The van der Waals surface area contributed by atoms with E-state index in [4.69, 9.17) is 4.74 Å². The van der Waals surface area contributed by atoms with E-state index in [9.17, 15) is 4.39 Å². The van der Waals surface area contributed by atoms with Crippen molar-refractivity contribution in [1.29, 1.82) is 0 Å². The lowest BCUT2D eigenvalue weighted by Crippen LogP contribution is -2.15. The van der Waals surface area contributed by atoms with Crippen molar-refractivity contribution in [3.05, 3.63) is 41.7 Å². The molecular formula is C14H20FNO. The van der Waals surface area contributed by atoms with Crippen LogP contribution in [0.5, 0.6) is 5.75 Å². The summed E-state index contributed by atoms with van der Waals surface area (Å²) in [5.41, 5.74) is 0.864. The Hall–Kier alpha value is -1.35. The highest BCUT2D eigenvalue weighted by Crippen LogP contribution is 2.22. The van der Waals surface area contributed by atoms with Gasteiger partial charge >= 0.3 is 0 Å². The quantitative estimate of drug-likeness (QED) is 0.580. The van der Waals surface area contributed by atoms with Crippen LogP contribution in [-0.4, -0.2) is 13.2 Å². The first kappa shape index (κ1) is 13.7. The molecule has 1 aromatic carbocycles. The van der Waals surface area contributed by atoms with Gasteiger partial charge in [0.05, 0.1) is 0 Å². The van der Waals surface area contributed by atoms with Gasteiger partial charge in [-0.05, 0) is 26.0 Å². The summed E-state index contributed by atoms with van der Waals surface area (Å²) in [6, 6.07) is 5.02. The van der Waals surface area contributed by atoms with Crippen LogP contribution in [0, 0.1) is 5.82 Å². The third-order valence-corrected chi connectivity index (χ3v) is 2.35. The highest BCUT2D eigenvalue weighted by Gasteiger charge is 2.08. The Morgan fingerprint density at radius 3 is 2.94 bits per heavy atom. The van der Waals surface area contributed by atoms with Gasteiger partial charge < -0.3 is 10.1 Å². The molecule has 0 heterocycles. The lowest BCUT2D eigenvalue weighted by molar-refractivity contribution is 0.336. The molecule has 17 heavy (non-hydrogen) atoms. The van der Waals surface area contributed by atoms with Gasteiger partial charge in [0.25, 0.3) is 0 Å². The molecule has 0 aliphatic carbocycles. The van der Waals surface area contributed by atoms with Gasteiger partial charge in [-0.2, -0.15) is 0 Å². The Morgan fingerprint density at radius 2 is 2.24 bits per heavy atom. The first-order valence-corrected chi connectivity index (χ1v) is 6.01. The van der Waals surface area contributed by atoms with Crippen molar-refractivity contribution in [2.24, 2.45) is 0 Å². The molecule has 0 radical (unpaired) electrons. The normalized spacial score (nSPS) is 11.0. The molecule has 0 saturated carbocycles. The van der Waals surface area contributed by atoms with Gasteiger partial charge in [-0.1, -0.05) is 31.2 Å². The van der Waals surface area contributed by atoms with Crippen LogP contribution in [0.25, 0.3) is 0 Å².